The van der Waals surface area contributed by atoms with Gasteiger partial charge in [0.25, 0.3) is 0 Å². The van der Waals surface area contributed by atoms with Crippen LogP contribution in [0.15, 0.2) is 59.8 Å². The normalized spacial score (nSPS) is 11.8. The van der Waals surface area contributed by atoms with Crippen molar-refractivity contribution in [2.75, 3.05) is 19.4 Å². The van der Waals surface area contributed by atoms with Crippen LogP contribution in [0, 0.1) is 0 Å². The summed E-state index contributed by atoms with van der Waals surface area (Å²) in [5, 5.41) is 12.2. The summed E-state index contributed by atoms with van der Waals surface area (Å²) in [5.74, 6) is 2.11. The van der Waals surface area contributed by atoms with Crippen LogP contribution < -0.4 is 10.1 Å². The third-order valence-corrected chi connectivity index (χ3v) is 5.51. The Morgan fingerprint density at radius 1 is 1.14 bits per heavy atom. The number of rotatable bonds is 8. The fraction of sp³-hybridized carbons (Fsp3) is 0.286. The van der Waals surface area contributed by atoms with Crippen LogP contribution in [-0.4, -0.2) is 40.1 Å². The van der Waals surface area contributed by atoms with Gasteiger partial charge in [-0.2, -0.15) is 0 Å². The Morgan fingerprint density at radius 2 is 1.86 bits per heavy atom. The highest BCUT2D eigenvalue weighted by Crippen LogP contribution is 2.24. The summed E-state index contributed by atoms with van der Waals surface area (Å²) in [6.45, 7) is 2.71. The van der Waals surface area contributed by atoms with Crippen molar-refractivity contribution >= 4 is 17.7 Å². The third kappa shape index (κ3) is 4.92. The predicted octanol–water partition coefficient (Wildman–Crippen LogP) is 3.50. The molecule has 2 aromatic carbocycles. The molecule has 0 radical (unpaired) electrons. The second-order valence-corrected chi connectivity index (χ2v) is 7.44. The van der Waals surface area contributed by atoms with Gasteiger partial charge in [-0.05, 0) is 35.7 Å². The number of carbonyl (C=O) groups excluding carboxylic acids is 1. The lowest BCUT2D eigenvalue weighted by atomic mass is 10.0. The summed E-state index contributed by atoms with van der Waals surface area (Å²) < 4.78 is 7.08. The number of aromatic nitrogens is 3. The minimum absolute atomic E-state index is 0.0122. The molecule has 0 fully saturated rings. The van der Waals surface area contributed by atoms with Gasteiger partial charge in [0.1, 0.15) is 5.75 Å². The van der Waals surface area contributed by atoms with Gasteiger partial charge in [0.05, 0.1) is 12.9 Å². The van der Waals surface area contributed by atoms with Crippen molar-refractivity contribution in [2.45, 2.75) is 18.0 Å². The quantitative estimate of drug-likeness (QED) is 0.590. The molecule has 0 bridgehead atoms. The highest BCUT2D eigenvalue weighted by molar-refractivity contribution is 7.99. The zero-order chi connectivity index (χ0) is 19.9. The fourth-order valence-electron chi connectivity index (χ4n) is 2.78. The lowest BCUT2D eigenvalue weighted by molar-refractivity contribution is -0.118. The number of amides is 1. The van der Waals surface area contributed by atoms with E-state index in [0.717, 1.165) is 17.1 Å². The molecule has 1 aromatic heterocycles. The summed E-state index contributed by atoms with van der Waals surface area (Å²) in [6.07, 6.45) is 0. The molecular formula is C21H24N4O2S. The van der Waals surface area contributed by atoms with E-state index in [1.54, 1.807) is 7.11 Å². The molecule has 0 saturated heterocycles. The summed E-state index contributed by atoms with van der Waals surface area (Å²) in [6, 6.07) is 17.8. The number of nitrogens with zero attached hydrogens (tertiary/aromatic N) is 3. The molecule has 1 N–H and O–H groups in total. The molecule has 1 atom stereocenters. The number of methoxy groups -OCH3 is 1. The molecular weight excluding hydrogens is 372 g/mol. The summed E-state index contributed by atoms with van der Waals surface area (Å²) in [4.78, 5) is 12.2. The molecule has 1 heterocycles. The SMILES string of the molecule is COc1ccc(-c2nnc(SCC(=O)NC[C@@H](C)c3ccccc3)n2C)cc1. The van der Waals surface area contributed by atoms with Crippen LogP contribution in [0.2, 0.25) is 0 Å². The largest absolute Gasteiger partial charge is 0.497 e. The zero-order valence-corrected chi connectivity index (χ0v) is 17.1. The molecule has 3 aromatic rings. The number of ether oxygens (including phenoxy) is 1. The summed E-state index contributed by atoms with van der Waals surface area (Å²) in [7, 11) is 3.54. The molecule has 0 saturated carbocycles. The smallest absolute Gasteiger partial charge is 0.230 e. The first-order valence-corrected chi connectivity index (χ1v) is 10.0. The number of benzene rings is 2. The summed E-state index contributed by atoms with van der Waals surface area (Å²) >= 11 is 1.38. The number of thioether (sulfide) groups is 1. The fourth-order valence-corrected chi connectivity index (χ4v) is 3.52. The highest BCUT2D eigenvalue weighted by Gasteiger charge is 2.14. The molecule has 28 heavy (non-hydrogen) atoms. The molecule has 0 aliphatic carbocycles. The van der Waals surface area contributed by atoms with Crippen molar-refractivity contribution in [1.29, 1.82) is 0 Å². The second kappa shape index (κ2) is 9.41. The topological polar surface area (TPSA) is 69.0 Å². The van der Waals surface area contributed by atoms with Gasteiger partial charge in [0.2, 0.25) is 5.91 Å². The van der Waals surface area contributed by atoms with E-state index in [9.17, 15) is 4.79 Å². The minimum Gasteiger partial charge on any atom is -0.497 e. The summed E-state index contributed by atoms with van der Waals surface area (Å²) in [5.41, 5.74) is 2.16. The van der Waals surface area contributed by atoms with Crippen LogP contribution in [-0.2, 0) is 11.8 Å². The first kappa shape index (κ1) is 19.9. The van der Waals surface area contributed by atoms with Crippen LogP contribution in [0.4, 0.5) is 0 Å². The Morgan fingerprint density at radius 3 is 2.54 bits per heavy atom. The highest BCUT2D eigenvalue weighted by atomic mass is 32.2. The maximum atomic E-state index is 12.2. The van der Waals surface area contributed by atoms with Crippen molar-refractivity contribution in [3.8, 4) is 17.1 Å². The first-order valence-electron chi connectivity index (χ1n) is 9.06. The standard InChI is InChI=1S/C21H24N4O2S/c1-15(16-7-5-4-6-8-16)13-22-19(26)14-28-21-24-23-20(25(21)2)17-9-11-18(27-3)12-10-17/h4-12,15H,13-14H2,1-3H3,(H,22,26)/t15-/m1/s1. The minimum atomic E-state index is -0.0122. The average molecular weight is 397 g/mol. The van der Waals surface area contributed by atoms with Crippen molar-refractivity contribution in [1.82, 2.24) is 20.1 Å². The van der Waals surface area contributed by atoms with E-state index in [-0.39, 0.29) is 11.8 Å². The van der Waals surface area contributed by atoms with Crippen LogP contribution in [0.3, 0.4) is 0 Å². The maximum absolute atomic E-state index is 12.2. The predicted molar refractivity (Wildman–Crippen MR) is 112 cm³/mol. The molecule has 146 valence electrons. The molecule has 6 nitrogen and oxygen atoms in total. The lowest BCUT2D eigenvalue weighted by Gasteiger charge is -2.12. The van der Waals surface area contributed by atoms with Gasteiger partial charge in [0.15, 0.2) is 11.0 Å². The maximum Gasteiger partial charge on any atom is 0.230 e. The van der Waals surface area contributed by atoms with E-state index in [2.05, 4.69) is 34.6 Å². The first-order chi connectivity index (χ1) is 13.6. The van der Waals surface area contributed by atoms with Crippen molar-refractivity contribution < 1.29 is 9.53 Å². The third-order valence-electron chi connectivity index (χ3n) is 4.49. The number of hydrogen-bond donors (Lipinski definition) is 1. The Kier molecular flexibility index (Phi) is 6.71. The van der Waals surface area contributed by atoms with Gasteiger partial charge in [-0.1, -0.05) is 49.0 Å². The Labute approximate surface area is 169 Å². The van der Waals surface area contributed by atoms with E-state index in [1.165, 1.54) is 17.3 Å². The van der Waals surface area contributed by atoms with E-state index in [1.807, 2.05) is 54.1 Å². The van der Waals surface area contributed by atoms with E-state index >= 15 is 0 Å². The molecule has 0 aliphatic rings. The Bertz CT molecular complexity index is 910. The van der Waals surface area contributed by atoms with Gasteiger partial charge in [-0.15, -0.1) is 10.2 Å². The molecule has 3 rings (SSSR count). The molecule has 0 aliphatic heterocycles. The average Bonchev–Trinajstić information content (AvgIpc) is 3.11. The van der Waals surface area contributed by atoms with Gasteiger partial charge >= 0.3 is 0 Å². The van der Waals surface area contributed by atoms with Crippen molar-refractivity contribution in [3.63, 3.8) is 0 Å². The van der Waals surface area contributed by atoms with E-state index < -0.39 is 0 Å². The van der Waals surface area contributed by atoms with Crippen LogP contribution >= 0.6 is 11.8 Å². The van der Waals surface area contributed by atoms with Crippen LogP contribution in [0.5, 0.6) is 5.75 Å². The molecule has 1 amide bonds. The van der Waals surface area contributed by atoms with Gasteiger partial charge in [-0.25, -0.2) is 0 Å². The second-order valence-electron chi connectivity index (χ2n) is 6.50. The Hall–Kier alpha value is -2.80. The monoisotopic (exact) mass is 396 g/mol. The number of carbonyl (C=O) groups is 1. The Balaban J connectivity index is 1.53. The van der Waals surface area contributed by atoms with Gasteiger partial charge < -0.3 is 14.6 Å². The zero-order valence-electron chi connectivity index (χ0n) is 16.3. The number of hydrogen-bond acceptors (Lipinski definition) is 5. The molecule has 7 heteroatoms. The van der Waals surface area contributed by atoms with E-state index in [4.69, 9.17) is 4.74 Å². The van der Waals surface area contributed by atoms with Gasteiger partial charge in [-0.3, -0.25) is 4.79 Å². The van der Waals surface area contributed by atoms with Crippen LogP contribution in [0.1, 0.15) is 18.4 Å². The van der Waals surface area contributed by atoms with E-state index in [0.29, 0.717) is 17.5 Å². The van der Waals surface area contributed by atoms with Crippen LogP contribution in [0.25, 0.3) is 11.4 Å². The van der Waals surface area contributed by atoms with Crippen molar-refractivity contribution in [3.05, 3.63) is 60.2 Å². The van der Waals surface area contributed by atoms with Gasteiger partial charge in [0, 0.05) is 19.2 Å². The lowest BCUT2D eigenvalue weighted by Crippen LogP contribution is -2.29. The molecule has 0 spiro atoms. The van der Waals surface area contributed by atoms with Crippen molar-refractivity contribution in [2.24, 2.45) is 7.05 Å². The molecule has 0 unspecified atom stereocenters. The number of nitrogens with one attached hydrogen (secondary N) is 1.